The number of carbonyl (C=O) groups excluding carboxylic acids is 1. The van der Waals surface area contributed by atoms with Gasteiger partial charge in [-0.05, 0) is 36.6 Å². The van der Waals surface area contributed by atoms with Crippen LogP contribution in [0.4, 0.5) is 11.4 Å². The molecule has 1 fully saturated rings. The topological polar surface area (TPSA) is 81.3 Å². The van der Waals surface area contributed by atoms with Crippen molar-refractivity contribution in [3.05, 3.63) is 24.3 Å². The second-order valence-corrected chi connectivity index (χ2v) is 6.18. The van der Waals surface area contributed by atoms with Gasteiger partial charge < -0.3 is 14.6 Å². The van der Waals surface area contributed by atoms with E-state index in [1.165, 1.54) is 32.1 Å². The minimum absolute atomic E-state index is 0.0219. The van der Waals surface area contributed by atoms with Crippen LogP contribution in [0.2, 0.25) is 0 Å². The standard InChI is InChI=1S/C15H22N2O3S/c18-15(11-6-12-4-2-1-3-5-12)16-13-7-9-14(10-8-13)17-21(19)20/h7-10,12,17H,1-6,11H2,(H,16,18)(H,19,20)/p-1. The van der Waals surface area contributed by atoms with E-state index in [1.807, 2.05) is 0 Å². The maximum absolute atomic E-state index is 11.9. The Kier molecular flexibility index (Phi) is 6.20. The lowest BCUT2D eigenvalue weighted by Gasteiger charge is -2.21. The highest BCUT2D eigenvalue weighted by Gasteiger charge is 2.14. The van der Waals surface area contributed by atoms with Crippen LogP contribution >= 0.6 is 0 Å². The molecule has 0 aromatic heterocycles. The number of benzene rings is 1. The molecule has 1 saturated carbocycles. The Morgan fingerprint density at radius 2 is 1.76 bits per heavy atom. The summed E-state index contributed by atoms with van der Waals surface area (Å²) in [4.78, 5) is 11.9. The Balaban J connectivity index is 1.75. The summed E-state index contributed by atoms with van der Waals surface area (Å²) >= 11 is -2.33. The molecule has 2 rings (SSSR count). The van der Waals surface area contributed by atoms with Crippen LogP contribution in [0.15, 0.2) is 24.3 Å². The summed E-state index contributed by atoms with van der Waals surface area (Å²) in [7, 11) is 0. The van der Waals surface area contributed by atoms with Crippen LogP contribution < -0.4 is 10.0 Å². The second kappa shape index (κ2) is 8.14. The van der Waals surface area contributed by atoms with Gasteiger partial charge in [0.15, 0.2) is 0 Å². The lowest BCUT2D eigenvalue weighted by molar-refractivity contribution is -0.116. The van der Waals surface area contributed by atoms with E-state index < -0.39 is 11.3 Å². The third-order valence-electron chi connectivity index (χ3n) is 3.87. The van der Waals surface area contributed by atoms with E-state index in [-0.39, 0.29) is 5.91 Å². The number of hydrogen-bond donors (Lipinski definition) is 2. The monoisotopic (exact) mass is 309 g/mol. The smallest absolute Gasteiger partial charge is 0.224 e. The van der Waals surface area contributed by atoms with Crippen molar-refractivity contribution >= 4 is 28.5 Å². The number of anilines is 2. The molecule has 21 heavy (non-hydrogen) atoms. The van der Waals surface area contributed by atoms with Crippen molar-refractivity contribution in [1.29, 1.82) is 0 Å². The molecule has 1 aromatic rings. The van der Waals surface area contributed by atoms with Crippen molar-refractivity contribution in [3.8, 4) is 0 Å². The van der Waals surface area contributed by atoms with Crippen molar-refractivity contribution in [3.63, 3.8) is 0 Å². The van der Waals surface area contributed by atoms with E-state index in [1.54, 1.807) is 24.3 Å². The van der Waals surface area contributed by atoms with Crippen molar-refractivity contribution in [2.45, 2.75) is 44.9 Å². The molecule has 6 heteroatoms. The Labute approximate surface area is 127 Å². The summed E-state index contributed by atoms with van der Waals surface area (Å²) in [5.41, 5.74) is 1.16. The first-order chi connectivity index (χ1) is 10.1. The number of rotatable bonds is 6. The molecule has 116 valence electrons. The molecule has 1 aliphatic carbocycles. The van der Waals surface area contributed by atoms with Crippen molar-refractivity contribution in [2.75, 3.05) is 10.0 Å². The van der Waals surface area contributed by atoms with Gasteiger partial charge in [-0.2, -0.15) is 0 Å². The normalized spacial score (nSPS) is 17.2. The third-order valence-corrected chi connectivity index (χ3v) is 4.28. The fourth-order valence-electron chi connectivity index (χ4n) is 2.75. The Bertz CT molecular complexity index is 484. The van der Waals surface area contributed by atoms with Crippen LogP contribution in [0.1, 0.15) is 44.9 Å². The molecule has 0 heterocycles. The lowest BCUT2D eigenvalue weighted by atomic mass is 9.86. The fraction of sp³-hybridized carbons (Fsp3) is 0.533. The largest absolute Gasteiger partial charge is 0.755 e. The SMILES string of the molecule is O=C(CCC1CCCCC1)Nc1ccc(NS(=O)[O-])cc1. The molecule has 0 bridgehead atoms. The molecule has 1 aliphatic rings. The van der Waals surface area contributed by atoms with Gasteiger partial charge in [0, 0.05) is 29.1 Å². The highest BCUT2D eigenvalue weighted by Crippen LogP contribution is 2.27. The van der Waals surface area contributed by atoms with E-state index in [2.05, 4.69) is 10.0 Å². The van der Waals surface area contributed by atoms with E-state index in [9.17, 15) is 13.6 Å². The molecule has 0 radical (unpaired) electrons. The number of hydrogen-bond acceptors (Lipinski definition) is 3. The Hall–Kier alpha value is -1.40. The zero-order chi connectivity index (χ0) is 15.1. The predicted octanol–water partition coefficient (Wildman–Crippen LogP) is 3.19. The highest BCUT2D eigenvalue weighted by molar-refractivity contribution is 7.80. The van der Waals surface area contributed by atoms with Gasteiger partial charge in [-0.25, -0.2) is 0 Å². The van der Waals surface area contributed by atoms with Gasteiger partial charge >= 0.3 is 0 Å². The van der Waals surface area contributed by atoms with Gasteiger partial charge in [0.1, 0.15) is 0 Å². The van der Waals surface area contributed by atoms with Crippen LogP contribution in [-0.4, -0.2) is 14.7 Å². The van der Waals surface area contributed by atoms with Crippen molar-refractivity contribution in [1.82, 2.24) is 0 Å². The average Bonchev–Trinajstić information content (AvgIpc) is 2.48. The zero-order valence-electron chi connectivity index (χ0n) is 12.0. The molecular formula is C15H21N2O3S-. The molecule has 0 saturated heterocycles. The average molecular weight is 309 g/mol. The number of nitrogens with one attached hydrogen (secondary N) is 2. The van der Waals surface area contributed by atoms with Gasteiger partial charge in [0.25, 0.3) is 0 Å². The summed E-state index contributed by atoms with van der Waals surface area (Å²) < 4.78 is 23.2. The Morgan fingerprint density at radius 3 is 2.38 bits per heavy atom. The lowest BCUT2D eigenvalue weighted by Crippen LogP contribution is -2.14. The summed E-state index contributed by atoms with van der Waals surface area (Å²) in [6, 6.07) is 6.61. The van der Waals surface area contributed by atoms with Gasteiger partial charge in [-0.1, -0.05) is 32.1 Å². The van der Waals surface area contributed by atoms with E-state index in [0.717, 1.165) is 6.42 Å². The molecule has 0 aliphatic heterocycles. The maximum atomic E-state index is 11.9. The molecule has 2 N–H and O–H groups in total. The fourth-order valence-corrected chi connectivity index (χ4v) is 3.08. The summed E-state index contributed by atoms with van der Waals surface area (Å²) in [6.45, 7) is 0. The van der Waals surface area contributed by atoms with Crippen LogP contribution in [0.5, 0.6) is 0 Å². The van der Waals surface area contributed by atoms with Crippen LogP contribution in [-0.2, 0) is 16.1 Å². The summed E-state index contributed by atoms with van der Waals surface area (Å²) in [6.07, 6.45) is 7.93. The van der Waals surface area contributed by atoms with E-state index in [0.29, 0.717) is 23.7 Å². The molecule has 1 aromatic carbocycles. The van der Waals surface area contributed by atoms with E-state index >= 15 is 0 Å². The van der Waals surface area contributed by atoms with Gasteiger partial charge in [-0.3, -0.25) is 9.00 Å². The molecule has 1 unspecified atom stereocenters. The van der Waals surface area contributed by atoms with Crippen LogP contribution in [0.25, 0.3) is 0 Å². The van der Waals surface area contributed by atoms with Gasteiger partial charge in [-0.15, -0.1) is 0 Å². The molecule has 5 nitrogen and oxygen atoms in total. The predicted molar refractivity (Wildman–Crippen MR) is 83.4 cm³/mol. The van der Waals surface area contributed by atoms with Gasteiger partial charge in [0.05, 0.1) is 0 Å². The number of carbonyl (C=O) groups is 1. The summed E-state index contributed by atoms with van der Waals surface area (Å²) in [5, 5.41) is 2.84. The first-order valence-corrected chi connectivity index (χ1v) is 8.47. The molecule has 1 atom stereocenters. The minimum atomic E-state index is -2.33. The quantitative estimate of drug-likeness (QED) is 0.792. The maximum Gasteiger partial charge on any atom is 0.224 e. The first kappa shape index (κ1) is 16.0. The minimum Gasteiger partial charge on any atom is -0.755 e. The van der Waals surface area contributed by atoms with E-state index in [4.69, 9.17) is 0 Å². The summed E-state index contributed by atoms with van der Waals surface area (Å²) in [5.74, 6) is 0.719. The first-order valence-electron chi connectivity index (χ1n) is 7.39. The third kappa shape index (κ3) is 5.85. The second-order valence-electron chi connectivity index (χ2n) is 5.51. The van der Waals surface area contributed by atoms with Crippen LogP contribution in [0, 0.1) is 5.92 Å². The van der Waals surface area contributed by atoms with Crippen molar-refractivity contribution < 1.29 is 13.6 Å². The Morgan fingerprint density at radius 1 is 1.14 bits per heavy atom. The van der Waals surface area contributed by atoms with Gasteiger partial charge in [0.2, 0.25) is 5.91 Å². The molecular weight excluding hydrogens is 288 g/mol. The van der Waals surface area contributed by atoms with Crippen molar-refractivity contribution in [2.24, 2.45) is 5.92 Å². The van der Waals surface area contributed by atoms with Crippen LogP contribution in [0.3, 0.4) is 0 Å². The molecule has 0 spiro atoms. The molecule has 1 amide bonds. The number of amides is 1. The zero-order valence-corrected chi connectivity index (χ0v) is 12.8. The highest BCUT2D eigenvalue weighted by atomic mass is 32.2.